The quantitative estimate of drug-likeness (QED) is 0.879. The third-order valence-corrected chi connectivity index (χ3v) is 5.41. The fourth-order valence-corrected chi connectivity index (χ4v) is 4.04. The molecule has 0 radical (unpaired) electrons. The molecule has 0 bridgehead atoms. The molecule has 20 heavy (non-hydrogen) atoms. The monoisotopic (exact) mass is 289 g/mol. The summed E-state index contributed by atoms with van der Waals surface area (Å²) < 4.78 is 0. The Balaban J connectivity index is 2.09. The molecule has 3 nitrogen and oxygen atoms in total. The smallest absolute Gasteiger partial charge is 0.138 e. The highest BCUT2D eigenvalue weighted by atomic mass is 32.1. The summed E-state index contributed by atoms with van der Waals surface area (Å²) >= 11 is 1.81. The van der Waals surface area contributed by atoms with Gasteiger partial charge < -0.3 is 5.32 Å². The number of anilines is 1. The van der Waals surface area contributed by atoms with E-state index in [-0.39, 0.29) is 0 Å². The Morgan fingerprint density at radius 2 is 1.95 bits per heavy atom. The lowest BCUT2D eigenvalue weighted by molar-refractivity contribution is 0.673. The van der Waals surface area contributed by atoms with Crippen molar-refractivity contribution in [1.29, 1.82) is 0 Å². The van der Waals surface area contributed by atoms with Gasteiger partial charge in [0.1, 0.15) is 16.5 Å². The Labute approximate surface area is 124 Å². The summed E-state index contributed by atoms with van der Waals surface area (Å²) in [4.78, 5) is 12.3. The zero-order valence-electron chi connectivity index (χ0n) is 12.6. The van der Waals surface area contributed by atoms with Gasteiger partial charge in [0.25, 0.3) is 0 Å². The number of thiophene rings is 1. The first-order chi connectivity index (χ1) is 9.70. The largest absolute Gasteiger partial charge is 0.369 e. The summed E-state index contributed by atoms with van der Waals surface area (Å²) in [6.07, 6.45) is 6.27. The molecule has 2 aromatic rings. The van der Waals surface area contributed by atoms with Gasteiger partial charge in [0.2, 0.25) is 0 Å². The van der Waals surface area contributed by atoms with Crippen LogP contribution in [0.3, 0.4) is 0 Å². The van der Waals surface area contributed by atoms with Gasteiger partial charge in [0.05, 0.1) is 5.39 Å². The van der Waals surface area contributed by atoms with E-state index in [0.29, 0.717) is 5.92 Å². The highest BCUT2D eigenvalue weighted by molar-refractivity contribution is 7.18. The molecular weight excluding hydrogens is 266 g/mol. The van der Waals surface area contributed by atoms with E-state index in [0.717, 1.165) is 29.4 Å². The first kappa shape index (κ1) is 13.8. The van der Waals surface area contributed by atoms with Crippen LogP contribution in [0.15, 0.2) is 0 Å². The van der Waals surface area contributed by atoms with Crippen molar-refractivity contribution in [3.05, 3.63) is 16.3 Å². The molecule has 0 atom stereocenters. The van der Waals surface area contributed by atoms with E-state index in [9.17, 15) is 0 Å². The molecule has 2 aromatic heterocycles. The molecule has 4 heteroatoms. The zero-order chi connectivity index (χ0) is 14.1. The van der Waals surface area contributed by atoms with Crippen LogP contribution in [0.25, 0.3) is 10.2 Å². The maximum absolute atomic E-state index is 4.88. The normalized spacial score (nSPS) is 16.1. The van der Waals surface area contributed by atoms with Crippen molar-refractivity contribution in [2.45, 2.75) is 58.8 Å². The van der Waals surface area contributed by atoms with Gasteiger partial charge in [-0.3, -0.25) is 0 Å². The predicted octanol–water partition coefficient (Wildman–Crippen LogP) is 4.79. The minimum atomic E-state index is 0.573. The maximum atomic E-state index is 4.88. The number of aromatic nitrogens is 2. The Hall–Kier alpha value is -1.16. The summed E-state index contributed by atoms with van der Waals surface area (Å²) in [5, 5.41) is 4.75. The summed E-state index contributed by atoms with van der Waals surface area (Å²) in [5.74, 6) is 2.69. The second-order valence-electron chi connectivity index (χ2n) is 5.80. The number of aryl methyl sites for hydroxylation is 2. The van der Waals surface area contributed by atoms with Crippen LogP contribution >= 0.6 is 11.3 Å². The highest BCUT2D eigenvalue weighted by Crippen LogP contribution is 2.37. The minimum Gasteiger partial charge on any atom is -0.369 e. The molecule has 1 aliphatic rings. The standard InChI is InChI=1S/C16H23N3S/c1-4-9-17-15-13-10(2)11(3)20-16(13)19-14(18-15)12-7-5-6-8-12/h12H,4-9H2,1-3H3,(H,17,18,19). The van der Waals surface area contributed by atoms with Crippen molar-refractivity contribution in [2.24, 2.45) is 0 Å². The fraction of sp³-hybridized carbons (Fsp3) is 0.625. The average Bonchev–Trinajstić information content (AvgIpc) is 3.06. The fourth-order valence-electron chi connectivity index (χ4n) is 3.00. The molecule has 2 heterocycles. The van der Waals surface area contributed by atoms with Crippen LogP contribution < -0.4 is 5.32 Å². The zero-order valence-corrected chi connectivity index (χ0v) is 13.4. The Morgan fingerprint density at radius 1 is 1.20 bits per heavy atom. The SMILES string of the molecule is CCCNc1nc(C2CCCC2)nc2sc(C)c(C)c12. The molecule has 0 amide bonds. The van der Waals surface area contributed by atoms with Gasteiger partial charge in [0.15, 0.2) is 0 Å². The number of fused-ring (bicyclic) bond motifs is 1. The van der Waals surface area contributed by atoms with Crippen LogP contribution in [-0.2, 0) is 0 Å². The second-order valence-corrected chi connectivity index (χ2v) is 7.01. The molecule has 3 rings (SSSR count). The molecule has 1 fully saturated rings. The van der Waals surface area contributed by atoms with Crippen LogP contribution in [0, 0.1) is 13.8 Å². The van der Waals surface area contributed by atoms with Crippen LogP contribution in [0.1, 0.15) is 61.2 Å². The van der Waals surface area contributed by atoms with E-state index in [4.69, 9.17) is 9.97 Å². The minimum absolute atomic E-state index is 0.573. The Bertz CT molecular complexity index is 612. The molecular formula is C16H23N3S. The van der Waals surface area contributed by atoms with Crippen molar-refractivity contribution >= 4 is 27.4 Å². The van der Waals surface area contributed by atoms with E-state index >= 15 is 0 Å². The lowest BCUT2D eigenvalue weighted by Gasteiger charge is -2.12. The number of nitrogens with zero attached hydrogens (tertiary/aromatic N) is 2. The van der Waals surface area contributed by atoms with Crippen molar-refractivity contribution in [3.8, 4) is 0 Å². The van der Waals surface area contributed by atoms with Gasteiger partial charge in [-0.25, -0.2) is 9.97 Å². The van der Waals surface area contributed by atoms with Crippen LogP contribution in [0.5, 0.6) is 0 Å². The molecule has 0 saturated heterocycles. The van der Waals surface area contributed by atoms with Gasteiger partial charge >= 0.3 is 0 Å². The van der Waals surface area contributed by atoms with Crippen molar-refractivity contribution < 1.29 is 0 Å². The maximum Gasteiger partial charge on any atom is 0.138 e. The van der Waals surface area contributed by atoms with Crippen molar-refractivity contribution in [3.63, 3.8) is 0 Å². The molecule has 1 N–H and O–H groups in total. The summed E-state index contributed by atoms with van der Waals surface area (Å²) in [6, 6.07) is 0. The Kier molecular flexibility index (Phi) is 3.92. The van der Waals surface area contributed by atoms with E-state index < -0.39 is 0 Å². The van der Waals surface area contributed by atoms with Crippen molar-refractivity contribution in [2.75, 3.05) is 11.9 Å². The van der Waals surface area contributed by atoms with Gasteiger partial charge in [-0.05, 0) is 38.7 Å². The number of hydrogen-bond acceptors (Lipinski definition) is 4. The molecule has 1 saturated carbocycles. The molecule has 0 aliphatic heterocycles. The van der Waals surface area contributed by atoms with Gasteiger partial charge in [-0.15, -0.1) is 11.3 Å². The lowest BCUT2D eigenvalue weighted by atomic mass is 10.1. The highest BCUT2D eigenvalue weighted by Gasteiger charge is 2.22. The number of rotatable bonds is 4. The van der Waals surface area contributed by atoms with Crippen LogP contribution in [0.4, 0.5) is 5.82 Å². The predicted molar refractivity (Wildman–Crippen MR) is 86.9 cm³/mol. The number of hydrogen-bond donors (Lipinski definition) is 1. The number of nitrogens with one attached hydrogen (secondary N) is 1. The van der Waals surface area contributed by atoms with Crippen LogP contribution in [0.2, 0.25) is 0 Å². The van der Waals surface area contributed by atoms with E-state index in [2.05, 4.69) is 26.1 Å². The van der Waals surface area contributed by atoms with Gasteiger partial charge in [0, 0.05) is 17.3 Å². The summed E-state index contributed by atoms with van der Waals surface area (Å²) in [6.45, 7) is 7.53. The topological polar surface area (TPSA) is 37.8 Å². The molecule has 0 unspecified atom stereocenters. The van der Waals surface area contributed by atoms with Gasteiger partial charge in [-0.1, -0.05) is 19.8 Å². The molecule has 108 valence electrons. The third-order valence-electron chi connectivity index (χ3n) is 4.31. The molecule has 1 aliphatic carbocycles. The second kappa shape index (κ2) is 5.68. The first-order valence-corrected chi connectivity index (χ1v) is 8.54. The van der Waals surface area contributed by atoms with Crippen LogP contribution in [-0.4, -0.2) is 16.5 Å². The first-order valence-electron chi connectivity index (χ1n) is 7.72. The molecule has 0 aromatic carbocycles. The third kappa shape index (κ3) is 2.41. The van der Waals surface area contributed by atoms with Crippen molar-refractivity contribution in [1.82, 2.24) is 9.97 Å². The Morgan fingerprint density at radius 3 is 2.65 bits per heavy atom. The summed E-state index contributed by atoms with van der Waals surface area (Å²) in [5.41, 5.74) is 1.33. The summed E-state index contributed by atoms with van der Waals surface area (Å²) in [7, 11) is 0. The van der Waals surface area contributed by atoms with E-state index in [1.54, 1.807) is 0 Å². The average molecular weight is 289 g/mol. The van der Waals surface area contributed by atoms with Gasteiger partial charge in [-0.2, -0.15) is 0 Å². The van der Waals surface area contributed by atoms with E-state index in [1.165, 1.54) is 41.5 Å². The lowest BCUT2D eigenvalue weighted by Crippen LogP contribution is -2.07. The molecule has 0 spiro atoms. The van der Waals surface area contributed by atoms with E-state index in [1.807, 2.05) is 11.3 Å².